The van der Waals surface area contributed by atoms with Crippen LogP contribution in [0.4, 0.5) is 0 Å². The third-order valence-corrected chi connectivity index (χ3v) is 3.68. The Morgan fingerprint density at radius 3 is 2.75 bits per heavy atom. The number of pyridine rings is 1. The molecule has 0 aliphatic carbocycles. The Bertz CT molecular complexity index is 870. The van der Waals surface area contributed by atoms with Crippen molar-refractivity contribution < 1.29 is 9.53 Å². The number of carbonyl (C=O) groups excluding carboxylic acids is 1. The first-order valence-electron chi connectivity index (χ1n) is 7.86. The molecule has 2 heterocycles. The predicted octanol–water partition coefficient (Wildman–Crippen LogP) is 2.79. The van der Waals surface area contributed by atoms with Crippen LogP contribution in [0.5, 0.6) is 5.75 Å². The maximum atomic E-state index is 12.3. The van der Waals surface area contributed by atoms with Crippen molar-refractivity contribution >= 4 is 11.6 Å². The number of hydrogen-bond donors (Lipinski definition) is 1. The third kappa shape index (κ3) is 3.08. The molecular formula is C18H20N4O2. The number of benzene rings is 1. The zero-order valence-electron chi connectivity index (χ0n) is 14.0. The summed E-state index contributed by atoms with van der Waals surface area (Å²) in [7, 11) is 1.62. The number of methoxy groups -OCH3 is 1. The first-order valence-corrected chi connectivity index (χ1v) is 7.86. The summed E-state index contributed by atoms with van der Waals surface area (Å²) in [5, 5.41) is 11.3. The van der Waals surface area contributed by atoms with Gasteiger partial charge in [0.2, 0.25) is 0 Å². The van der Waals surface area contributed by atoms with Crippen molar-refractivity contribution in [3.8, 4) is 17.1 Å². The molecule has 0 bridgehead atoms. The highest BCUT2D eigenvalue weighted by molar-refractivity contribution is 5.94. The fourth-order valence-electron chi connectivity index (χ4n) is 2.44. The monoisotopic (exact) mass is 324 g/mol. The van der Waals surface area contributed by atoms with Gasteiger partial charge in [0.1, 0.15) is 5.75 Å². The number of carbonyl (C=O) groups is 1. The first-order chi connectivity index (χ1) is 11.6. The smallest absolute Gasteiger partial charge is 0.252 e. The molecule has 0 spiro atoms. The summed E-state index contributed by atoms with van der Waals surface area (Å²) in [5.74, 6) is 1.64. The molecule has 0 unspecified atom stereocenters. The molecule has 6 nitrogen and oxygen atoms in total. The van der Waals surface area contributed by atoms with E-state index >= 15 is 0 Å². The fraction of sp³-hybridized carbons (Fsp3) is 0.278. The number of nitrogens with zero attached hydrogens (tertiary/aromatic N) is 3. The van der Waals surface area contributed by atoms with Crippen LogP contribution < -0.4 is 10.1 Å². The van der Waals surface area contributed by atoms with Crippen molar-refractivity contribution in [2.75, 3.05) is 13.7 Å². The largest absolute Gasteiger partial charge is 0.496 e. The number of nitrogens with one attached hydrogen (secondary N) is 1. The number of amides is 1. The van der Waals surface area contributed by atoms with Gasteiger partial charge in [0.25, 0.3) is 5.91 Å². The molecule has 2 aromatic heterocycles. The van der Waals surface area contributed by atoms with Crippen LogP contribution in [0.25, 0.3) is 17.0 Å². The quantitative estimate of drug-likeness (QED) is 0.783. The van der Waals surface area contributed by atoms with Crippen LogP contribution in [-0.2, 0) is 0 Å². The lowest BCUT2D eigenvalue weighted by molar-refractivity contribution is 0.0948. The van der Waals surface area contributed by atoms with Crippen LogP contribution in [0.1, 0.15) is 24.2 Å². The third-order valence-electron chi connectivity index (χ3n) is 3.68. The lowest BCUT2D eigenvalue weighted by atomic mass is 10.2. The molecule has 6 heteroatoms. The van der Waals surface area contributed by atoms with Gasteiger partial charge in [-0.25, -0.2) is 0 Å². The second-order valence-electron chi connectivity index (χ2n) is 5.97. The van der Waals surface area contributed by atoms with Gasteiger partial charge >= 0.3 is 0 Å². The molecular weight excluding hydrogens is 304 g/mol. The van der Waals surface area contributed by atoms with Crippen molar-refractivity contribution in [3.05, 3.63) is 48.2 Å². The van der Waals surface area contributed by atoms with Gasteiger partial charge in [-0.3, -0.25) is 9.20 Å². The fourth-order valence-corrected chi connectivity index (χ4v) is 2.44. The van der Waals surface area contributed by atoms with Crippen LogP contribution in [0.3, 0.4) is 0 Å². The minimum Gasteiger partial charge on any atom is -0.496 e. The molecule has 1 aromatic carbocycles. The first kappa shape index (κ1) is 16.0. The standard InChI is InChI=1S/C18H20N4O2/c1-12(2)10-19-18(23)13-8-9-16-20-21-17(22(16)11-13)14-6-4-5-7-15(14)24-3/h4-9,11-12H,10H2,1-3H3,(H,19,23). The van der Waals surface area contributed by atoms with E-state index in [0.29, 0.717) is 35.2 Å². The number of ether oxygens (including phenoxy) is 1. The van der Waals surface area contributed by atoms with E-state index in [9.17, 15) is 4.79 Å². The molecule has 0 aliphatic rings. The lowest BCUT2D eigenvalue weighted by Crippen LogP contribution is -2.27. The van der Waals surface area contributed by atoms with E-state index in [0.717, 1.165) is 5.56 Å². The second kappa shape index (κ2) is 6.70. The molecule has 124 valence electrons. The number of para-hydroxylation sites is 1. The van der Waals surface area contributed by atoms with Crippen molar-refractivity contribution in [1.29, 1.82) is 0 Å². The molecule has 0 atom stereocenters. The Labute approximate surface area is 140 Å². The summed E-state index contributed by atoms with van der Waals surface area (Å²) >= 11 is 0. The molecule has 0 fully saturated rings. The summed E-state index contributed by atoms with van der Waals surface area (Å²) in [6.45, 7) is 4.75. The molecule has 0 saturated heterocycles. The average Bonchev–Trinajstić information content (AvgIpc) is 3.02. The van der Waals surface area contributed by atoms with Gasteiger partial charge in [0.15, 0.2) is 11.5 Å². The predicted molar refractivity (Wildman–Crippen MR) is 92.1 cm³/mol. The van der Waals surface area contributed by atoms with E-state index in [1.807, 2.05) is 28.7 Å². The summed E-state index contributed by atoms with van der Waals surface area (Å²) in [6, 6.07) is 11.1. The molecule has 3 rings (SSSR count). The SMILES string of the molecule is COc1ccccc1-c1nnc2ccc(C(=O)NCC(C)C)cn12. The number of fused-ring (bicyclic) bond motifs is 1. The van der Waals surface area contributed by atoms with Gasteiger partial charge in [-0.2, -0.15) is 0 Å². The van der Waals surface area contributed by atoms with E-state index < -0.39 is 0 Å². The van der Waals surface area contributed by atoms with E-state index in [4.69, 9.17) is 4.74 Å². The molecule has 0 radical (unpaired) electrons. The molecule has 0 saturated carbocycles. The number of aromatic nitrogens is 3. The Morgan fingerprint density at radius 2 is 2.00 bits per heavy atom. The van der Waals surface area contributed by atoms with Crippen molar-refractivity contribution in [2.24, 2.45) is 5.92 Å². The Balaban J connectivity index is 2.02. The maximum Gasteiger partial charge on any atom is 0.252 e. The minimum atomic E-state index is -0.106. The van der Waals surface area contributed by atoms with Gasteiger partial charge in [-0.05, 0) is 30.2 Å². The van der Waals surface area contributed by atoms with Crippen LogP contribution in [0, 0.1) is 5.92 Å². The van der Waals surface area contributed by atoms with Crippen LogP contribution in [-0.4, -0.2) is 34.2 Å². The molecule has 24 heavy (non-hydrogen) atoms. The molecule has 0 aliphatic heterocycles. The van der Waals surface area contributed by atoms with Gasteiger partial charge in [0, 0.05) is 12.7 Å². The van der Waals surface area contributed by atoms with Gasteiger partial charge in [0.05, 0.1) is 18.2 Å². The molecule has 1 N–H and O–H groups in total. The zero-order chi connectivity index (χ0) is 17.1. The summed E-state index contributed by atoms with van der Waals surface area (Å²) in [4.78, 5) is 12.3. The number of hydrogen-bond acceptors (Lipinski definition) is 4. The maximum absolute atomic E-state index is 12.3. The van der Waals surface area contributed by atoms with Crippen LogP contribution in [0.2, 0.25) is 0 Å². The second-order valence-corrected chi connectivity index (χ2v) is 5.97. The van der Waals surface area contributed by atoms with Gasteiger partial charge in [-0.1, -0.05) is 26.0 Å². The topological polar surface area (TPSA) is 68.5 Å². The summed E-state index contributed by atoms with van der Waals surface area (Å²) < 4.78 is 7.21. The average molecular weight is 324 g/mol. The van der Waals surface area contributed by atoms with Crippen molar-refractivity contribution in [2.45, 2.75) is 13.8 Å². The van der Waals surface area contributed by atoms with E-state index in [1.165, 1.54) is 0 Å². The van der Waals surface area contributed by atoms with Gasteiger partial charge in [-0.15, -0.1) is 10.2 Å². The van der Waals surface area contributed by atoms with Crippen molar-refractivity contribution in [3.63, 3.8) is 0 Å². The Kier molecular flexibility index (Phi) is 4.46. The highest BCUT2D eigenvalue weighted by Crippen LogP contribution is 2.28. The minimum absolute atomic E-state index is 0.106. The zero-order valence-corrected chi connectivity index (χ0v) is 14.0. The van der Waals surface area contributed by atoms with Gasteiger partial charge < -0.3 is 10.1 Å². The summed E-state index contributed by atoms with van der Waals surface area (Å²) in [6.07, 6.45) is 1.76. The summed E-state index contributed by atoms with van der Waals surface area (Å²) in [5.41, 5.74) is 2.07. The molecule has 1 amide bonds. The van der Waals surface area contributed by atoms with Crippen LogP contribution >= 0.6 is 0 Å². The van der Waals surface area contributed by atoms with E-state index in [1.54, 1.807) is 25.4 Å². The lowest BCUT2D eigenvalue weighted by Gasteiger charge is -2.09. The normalized spacial score (nSPS) is 11.0. The van der Waals surface area contributed by atoms with E-state index in [-0.39, 0.29) is 5.91 Å². The highest BCUT2D eigenvalue weighted by atomic mass is 16.5. The number of rotatable bonds is 5. The van der Waals surface area contributed by atoms with Crippen molar-refractivity contribution in [1.82, 2.24) is 19.9 Å². The Morgan fingerprint density at radius 1 is 1.21 bits per heavy atom. The molecule has 3 aromatic rings. The highest BCUT2D eigenvalue weighted by Gasteiger charge is 2.14. The van der Waals surface area contributed by atoms with E-state index in [2.05, 4.69) is 29.4 Å². The van der Waals surface area contributed by atoms with Crippen LogP contribution in [0.15, 0.2) is 42.6 Å². The Hall–Kier alpha value is -2.89.